The molecule has 0 aliphatic rings. The molecule has 0 heterocycles. The van der Waals surface area contributed by atoms with E-state index < -0.39 is 11.6 Å². The van der Waals surface area contributed by atoms with Crippen molar-refractivity contribution in [2.75, 3.05) is 0 Å². The molecule has 2 aromatic carbocycles. The molecule has 0 bridgehead atoms. The lowest BCUT2D eigenvalue weighted by Gasteiger charge is -2.06. The zero-order chi connectivity index (χ0) is 13.1. The van der Waals surface area contributed by atoms with Gasteiger partial charge in [-0.2, -0.15) is 0 Å². The predicted molar refractivity (Wildman–Crippen MR) is 67.9 cm³/mol. The fourth-order valence-electron chi connectivity index (χ4n) is 1.42. The van der Waals surface area contributed by atoms with Crippen LogP contribution < -0.4 is 0 Å². The van der Waals surface area contributed by atoms with Crippen molar-refractivity contribution in [3.05, 3.63) is 58.6 Å². The third-order valence-corrected chi connectivity index (χ3v) is 3.63. The Hall–Kier alpha value is -1.10. The molecule has 0 aliphatic carbocycles. The summed E-state index contributed by atoms with van der Waals surface area (Å²) in [6.07, 6.45) is 0. The average molecular weight is 287 g/mol. The van der Waals surface area contributed by atoms with E-state index in [1.807, 2.05) is 0 Å². The van der Waals surface area contributed by atoms with Crippen molar-refractivity contribution in [2.45, 2.75) is 16.4 Å². The lowest BCUT2D eigenvalue weighted by molar-refractivity contribution is 0.280. The zero-order valence-corrected chi connectivity index (χ0v) is 10.7. The minimum Gasteiger partial charge on any atom is -0.392 e. The molecule has 2 aromatic rings. The van der Waals surface area contributed by atoms with E-state index in [1.165, 1.54) is 0 Å². The van der Waals surface area contributed by atoms with Gasteiger partial charge >= 0.3 is 0 Å². The lowest BCUT2D eigenvalue weighted by atomic mass is 10.2. The molecular formula is C13H9ClF2OS. The molecule has 0 aliphatic heterocycles. The van der Waals surface area contributed by atoms with Crippen LogP contribution in [0.15, 0.2) is 46.2 Å². The van der Waals surface area contributed by atoms with E-state index in [-0.39, 0.29) is 17.1 Å². The fourth-order valence-corrected chi connectivity index (χ4v) is 2.37. The van der Waals surface area contributed by atoms with Crippen LogP contribution in [-0.2, 0) is 6.61 Å². The van der Waals surface area contributed by atoms with E-state index in [2.05, 4.69) is 0 Å². The van der Waals surface area contributed by atoms with Gasteiger partial charge in [-0.1, -0.05) is 23.4 Å². The van der Waals surface area contributed by atoms with Gasteiger partial charge in [0.15, 0.2) is 0 Å². The third-order valence-electron chi connectivity index (χ3n) is 2.27. The Kier molecular flexibility index (Phi) is 4.22. The van der Waals surface area contributed by atoms with Gasteiger partial charge in [0, 0.05) is 9.92 Å². The van der Waals surface area contributed by atoms with Crippen LogP contribution in [0.4, 0.5) is 8.78 Å². The summed E-state index contributed by atoms with van der Waals surface area (Å²) in [5, 5.41) is 9.41. The van der Waals surface area contributed by atoms with Crippen LogP contribution in [0, 0.1) is 11.6 Å². The third kappa shape index (κ3) is 3.02. The SMILES string of the molecule is OCc1cc(F)c(Sc2ccc(Cl)cc2)c(F)c1. The molecule has 0 unspecified atom stereocenters. The summed E-state index contributed by atoms with van der Waals surface area (Å²) in [6.45, 7) is -0.389. The van der Waals surface area contributed by atoms with Gasteiger partial charge in [0.1, 0.15) is 11.6 Å². The molecule has 0 amide bonds. The van der Waals surface area contributed by atoms with Crippen molar-refractivity contribution in [2.24, 2.45) is 0 Å². The van der Waals surface area contributed by atoms with Gasteiger partial charge in [0.25, 0.3) is 0 Å². The quantitative estimate of drug-likeness (QED) is 0.910. The predicted octanol–water partition coefficient (Wildman–Crippen LogP) is 4.26. The Bertz CT molecular complexity index is 534. The standard InChI is InChI=1S/C13H9ClF2OS/c14-9-1-3-10(4-2-9)18-13-11(15)5-8(7-17)6-12(13)16/h1-6,17H,7H2. The smallest absolute Gasteiger partial charge is 0.140 e. The van der Waals surface area contributed by atoms with Crippen LogP contribution in [0.2, 0.25) is 5.02 Å². The highest BCUT2D eigenvalue weighted by Crippen LogP contribution is 2.33. The monoisotopic (exact) mass is 286 g/mol. The van der Waals surface area contributed by atoms with Gasteiger partial charge in [0.2, 0.25) is 0 Å². The van der Waals surface area contributed by atoms with E-state index >= 15 is 0 Å². The molecular weight excluding hydrogens is 278 g/mol. The largest absolute Gasteiger partial charge is 0.392 e. The first-order valence-corrected chi connectivity index (χ1v) is 6.32. The van der Waals surface area contributed by atoms with E-state index in [4.69, 9.17) is 16.7 Å². The normalized spacial score (nSPS) is 10.7. The number of aliphatic hydroxyl groups is 1. The maximum atomic E-state index is 13.7. The Morgan fingerprint density at radius 1 is 1.06 bits per heavy atom. The molecule has 1 nitrogen and oxygen atoms in total. The van der Waals surface area contributed by atoms with Crippen molar-refractivity contribution < 1.29 is 13.9 Å². The number of halogens is 3. The molecule has 0 aromatic heterocycles. The minimum atomic E-state index is -0.681. The summed E-state index contributed by atoms with van der Waals surface area (Å²) < 4.78 is 27.3. The van der Waals surface area contributed by atoms with Gasteiger partial charge in [-0.25, -0.2) is 8.78 Å². The second-order valence-electron chi connectivity index (χ2n) is 3.60. The first-order valence-electron chi connectivity index (χ1n) is 5.12. The molecule has 1 N–H and O–H groups in total. The second kappa shape index (κ2) is 5.69. The minimum absolute atomic E-state index is 0.0884. The van der Waals surface area contributed by atoms with Crippen LogP contribution in [0.25, 0.3) is 0 Å². The summed E-state index contributed by atoms with van der Waals surface area (Å²) in [4.78, 5) is 0.600. The molecule has 94 valence electrons. The van der Waals surface area contributed by atoms with Crippen molar-refractivity contribution in [1.29, 1.82) is 0 Å². The van der Waals surface area contributed by atoms with Crippen LogP contribution >= 0.6 is 23.4 Å². The number of benzene rings is 2. The van der Waals surface area contributed by atoms with Crippen LogP contribution in [0.3, 0.4) is 0 Å². The maximum Gasteiger partial charge on any atom is 0.140 e. The van der Waals surface area contributed by atoms with E-state index in [1.54, 1.807) is 24.3 Å². The molecule has 18 heavy (non-hydrogen) atoms. The van der Waals surface area contributed by atoms with E-state index in [0.717, 1.165) is 23.9 Å². The van der Waals surface area contributed by atoms with Gasteiger partial charge in [-0.05, 0) is 42.0 Å². The molecule has 0 saturated heterocycles. The Labute approximate surface area is 112 Å². The van der Waals surface area contributed by atoms with Crippen LogP contribution in [0.1, 0.15) is 5.56 Å². The highest BCUT2D eigenvalue weighted by Gasteiger charge is 2.12. The van der Waals surface area contributed by atoms with Gasteiger partial charge in [-0.15, -0.1) is 0 Å². The second-order valence-corrected chi connectivity index (χ2v) is 5.12. The first kappa shape index (κ1) is 13.3. The van der Waals surface area contributed by atoms with Crippen molar-refractivity contribution in [3.63, 3.8) is 0 Å². The summed E-state index contributed by atoms with van der Waals surface area (Å²) >= 11 is 6.71. The van der Waals surface area contributed by atoms with Crippen LogP contribution in [0.5, 0.6) is 0 Å². The Morgan fingerprint density at radius 2 is 1.61 bits per heavy atom. The Morgan fingerprint density at radius 3 is 2.11 bits per heavy atom. The zero-order valence-electron chi connectivity index (χ0n) is 9.16. The molecule has 5 heteroatoms. The highest BCUT2D eigenvalue weighted by atomic mass is 35.5. The fraction of sp³-hybridized carbons (Fsp3) is 0.0769. The van der Waals surface area contributed by atoms with Crippen molar-refractivity contribution in [3.8, 4) is 0 Å². The molecule has 0 fully saturated rings. The molecule has 2 rings (SSSR count). The summed E-state index contributed by atoms with van der Waals surface area (Å²) in [5.74, 6) is -1.36. The topological polar surface area (TPSA) is 20.2 Å². The lowest BCUT2D eigenvalue weighted by Crippen LogP contribution is -1.92. The van der Waals surface area contributed by atoms with E-state index in [0.29, 0.717) is 9.92 Å². The average Bonchev–Trinajstić information content (AvgIpc) is 2.35. The molecule has 0 radical (unpaired) electrons. The van der Waals surface area contributed by atoms with E-state index in [9.17, 15) is 8.78 Å². The molecule has 0 spiro atoms. The van der Waals surface area contributed by atoms with Crippen molar-refractivity contribution in [1.82, 2.24) is 0 Å². The van der Waals surface area contributed by atoms with Gasteiger partial charge in [0.05, 0.1) is 11.5 Å². The number of rotatable bonds is 3. The Balaban J connectivity index is 2.31. The first-order chi connectivity index (χ1) is 8.60. The maximum absolute atomic E-state index is 13.7. The molecule has 0 saturated carbocycles. The number of aliphatic hydroxyl groups excluding tert-OH is 1. The van der Waals surface area contributed by atoms with Gasteiger partial charge in [-0.3, -0.25) is 0 Å². The summed E-state index contributed by atoms with van der Waals surface area (Å²) in [7, 11) is 0. The van der Waals surface area contributed by atoms with Crippen LogP contribution in [-0.4, -0.2) is 5.11 Å². The summed E-state index contributed by atoms with van der Waals surface area (Å²) in [5.41, 5.74) is 0.213. The molecule has 0 atom stereocenters. The van der Waals surface area contributed by atoms with Crippen molar-refractivity contribution >= 4 is 23.4 Å². The summed E-state index contributed by atoms with van der Waals surface area (Å²) in [6, 6.07) is 8.93. The number of hydrogen-bond acceptors (Lipinski definition) is 2. The highest BCUT2D eigenvalue weighted by molar-refractivity contribution is 7.99. The van der Waals surface area contributed by atoms with Gasteiger partial charge < -0.3 is 5.11 Å². The number of hydrogen-bond donors (Lipinski definition) is 1.